The number of nitrogens with zero attached hydrogens (tertiary/aromatic N) is 1. The molecule has 1 N–H and O–H groups in total. The van der Waals surface area contributed by atoms with Gasteiger partial charge < -0.3 is 9.73 Å². The topological polar surface area (TPSA) is 38.1 Å². The number of hydrogen-bond donors (Lipinski definition) is 1. The van der Waals surface area contributed by atoms with Gasteiger partial charge in [-0.1, -0.05) is 29.8 Å². The monoisotopic (exact) mass is 242 g/mol. The van der Waals surface area contributed by atoms with Crippen LogP contribution in [0.25, 0.3) is 0 Å². The average molecular weight is 242 g/mol. The summed E-state index contributed by atoms with van der Waals surface area (Å²) in [6.07, 6.45) is 2.84. The number of nitrogens with one attached hydrogen (secondary N) is 1. The van der Waals surface area contributed by atoms with Crippen molar-refractivity contribution in [3.8, 4) is 0 Å². The summed E-state index contributed by atoms with van der Waals surface area (Å²) in [6, 6.07) is 8.67. The van der Waals surface area contributed by atoms with E-state index in [4.69, 9.17) is 4.42 Å². The van der Waals surface area contributed by atoms with Gasteiger partial charge in [0.2, 0.25) is 0 Å². The van der Waals surface area contributed by atoms with Crippen molar-refractivity contribution in [3.05, 3.63) is 52.7 Å². The van der Waals surface area contributed by atoms with E-state index >= 15 is 0 Å². The first-order chi connectivity index (χ1) is 8.81. The first-order valence-electron chi connectivity index (χ1n) is 6.55. The number of fused-ring (bicyclic) bond motifs is 1. The Morgan fingerprint density at radius 2 is 2.06 bits per heavy atom. The number of aryl methyl sites for hydroxylation is 3. The highest BCUT2D eigenvalue weighted by atomic mass is 16.4. The lowest BCUT2D eigenvalue weighted by molar-refractivity contribution is 0.438. The summed E-state index contributed by atoms with van der Waals surface area (Å²) in [5.74, 6) is 1.96. The average Bonchev–Trinajstić information content (AvgIpc) is 2.81. The maximum atomic E-state index is 5.80. The molecule has 0 unspecified atom stereocenters. The Labute approximate surface area is 107 Å². The highest BCUT2D eigenvalue weighted by molar-refractivity contribution is 5.22. The zero-order chi connectivity index (χ0) is 12.4. The van der Waals surface area contributed by atoms with Crippen LogP contribution in [0.5, 0.6) is 0 Å². The zero-order valence-corrected chi connectivity index (χ0v) is 10.7. The van der Waals surface area contributed by atoms with Crippen molar-refractivity contribution in [1.82, 2.24) is 10.3 Å². The van der Waals surface area contributed by atoms with Crippen LogP contribution in [0.1, 0.15) is 28.5 Å². The minimum absolute atomic E-state index is 0.851. The van der Waals surface area contributed by atoms with Gasteiger partial charge in [-0.25, -0.2) is 4.98 Å². The van der Waals surface area contributed by atoms with E-state index in [1.54, 1.807) is 0 Å². The molecule has 3 heteroatoms. The Kier molecular flexibility index (Phi) is 3.15. The van der Waals surface area contributed by atoms with E-state index in [-0.39, 0.29) is 0 Å². The summed E-state index contributed by atoms with van der Waals surface area (Å²) < 4.78 is 5.80. The summed E-state index contributed by atoms with van der Waals surface area (Å²) >= 11 is 0. The maximum Gasteiger partial charge on any atom is 0.195 e. The van der Waals surface area contributed by atoms with Crippen molar-refractivity contribution >= 4 is 0 Å². The summed E-state index contributed by atoms with van der Waals surface area (Å²) in [5.41, 5.74) is 3.74. The lowest BCUT2D eigenvalue weighted by Gasteiger charge is -2.08. The van der Waals surface area contributed by atoms with Crippen LogP contribution in [0.3, 0.4) is 0 Å². The molecular formula is C15H18N2O. The van der Waals surface area contributed by atoms with Crippen LogP contribution < -0.4 is 5.32 Å². The zero-order valence-electron chi connectivity index (χ0n) is 10.7. The molecular weight excluding hydrogens is 224 g/mol. The van der Waals surface area contributed by atoms with Gasteiger partial charge in [-0.2, -0.15) is 0 Å². The standard InChI is InChI=1S/C15H18N2O/c1-11-2-4-12(5-3-11)6-7-15-17-13-10-16-9-8-14(13)18-15/h2-5,16H,6-10H2,1H3. The molecule has 0 radical (unpaired) electrons. The van der Waals surface area contributed by atoms with E-state index in [9.17, 15) is 0 Å². The lowest BCUT2D eigenvalue weighted by Crippen LogP contribution is -2.22. The number of aromatic nitrogens is 1. The molecule has 2 aromatic rings. The third-order valence-corrected chi connectivity index (χ3v) is 3.39. The second kappa shape index (κ2) is 4.94. The Bertz CT molecular complexity index is 504. The Morgan fingerprint density at radius 3 is 2.83 bits per heavy atom. The maximum absolute atomic E-state index is 5.80. The van der Waals surface area contributed by atoms with Crippen molar-refractivity contribution in [2.75, 3.05) is 6.54 Å². The molecule has 1 aromatic carbocycles. The molecule has 94 valence electrons. The highest BCUT2D eigenvalue weighted by Crippen LogP contribution is 2.16. The van der Waals surface area contributed by atoms with Gasteiger partial charge in [-0.15, -0.1) is 0 Å². The molecule has 18 heavy (non-hydrogen) atoms. The second-order valence-electron chi connectivity index (χ2n) is 4.89. The third-order valence-electron chi connectivity index (χ3n) is 3.39. The lowest BCUT2D eigenvalue weighted by atomic mass is 10.1. The molecule has 0 fully saturated rings. The van der Waals surface area contributed by atoms with Gasteiger partial charge >= 0.3 is 0 Å². The summed E-state index contributed by atoms with van der Waals surface area (Å²) in [6.45, 7) is 3.96. The molecule has 0 saturated heterocycles. The van der Waals surface area contributed by atoms with Crippen molar-refractivity contribution in [1.29, 1.82) is 0 Å². The molecule has 2 heterocycles. The molecule has 3 rings (SSSR count). The summed E-state index contributed by atoms with van der Waals surface area (Å²) in [7, 11) is 0. The predicted octanol–water partition coefficient (Wildman–Crippen LogP) is 2.41. The van der Waals surface area contributed by atoms with E-state index in [0.717, 1.165) is 49.7 Å². The summed E-state index contributed by atoms with van der Waals surface area (Å²) in [5, 5.41) is 3.31. The molecule has 1 aromatic heterocycles. The van der Waals surface area contributed by atoms with E-state index in [1.165, 1.54) is 11.1 Å². The molecule has 0 bridgehead atoms. The number of rotatable bonds is 3. The Hall–Kier alpha value is -1.61. The molecule has 0 amide bonds. The third kappa shape index (κ3) is 2.46. The van der Waals surface area contributed by atoms with Crippen LogP contribution in [0.4, 0.5) is 0 Å². The van der Waals surface area contributed by atoms with Crippen LogP contribution in [-0.4, -0.2) is 11.5 Å². The molecule has 0 atom stereocenters. The SMILES string of the molecule is Cc1ccc(CCc2nc3c(o2)CCNC3)cc1. The predicted molar refractivity (Wildman–Crippen MR) is 70.5 cm³/mol. The van der Waals surface area contributed by atoms with Crippen LogP contribution in [0.2, 0.25) is 0 Å². The van der Waals surface area contributed by atoms with E-state index in [0.29, 0.717) is 0 Å². The van der Waals surface area contributed by atoms with Crippen molar-refractivity contribution in [2.24, 2.45) is 0 Å². The van der Waals surface area contributed by atoms with Gasteiger partial charge in [-0.05, 0) is 18.9 Å². The fourth-order valence-electron chi connectivity index (χ4n) is 2.29. The normalized spacial score (nSPS) is 14.5. The quantitative estimate of drug-likeness (QED) is 0.898. The Morgan fingerprint density at radius 1 is 1.22 bits per heavy atom. The van der Waals surface area contributed by atoms with Crippen molar-refractivity contribution < 1.29 is 4.42 Å². The summed E-state index contributed by atoms with van der Waals surface area (Å²) in [4.78, 5) is 4.55. The minimum Gasteiger partial charge on any atom is -0.445 e. The van der Waals surface area contributed by atoms with Crippen LogP contribution in [-0.2, 0) is 25.8 Å². The van der Waals surface area contributed by atoms with Crippen LogP contribution in [0.15, 0.2) is 28.7 Å². The van der Waals surface area contributed by atoms with E-state index in [1.807, 2.05) is 0 Å². The van der Waals surface area contributed by atoms with Gasteiger partial charge in [0.05, 0.1) is 5.69 Å². The molecule has 3 nitrogen and oxygen atoms in total. The fourth-order valence-corrected chi connectivity index (χ4v) is 2.29. The Balaban J connectivity index is 1.66. The first-order valence-corrected chi connectivity index (χ1v) is 6.55. The molecule has 0 spiro atoms. The fraction of sp³-hybridized carbons (Fsp3) is 0.400. The van der Waals surface area contributed by atoms with Crippen LogP contribution in [0, 0.1) is 6.92 Å². The van der Waals surface area contributed by atoms with Gasteiger partial charge in [0, 0.05) is 25.9 Å². The molecule has 0 saturated carbocycles. The van der Waals surface area contributed by atoms with Crippen molar-refractivity contribution in [3.63, 3.8) is 0 Å². The first kappa shape index (κ1) is 11.5. The molecule has 1 aliphatic rings. The number of oxazole rings is 1. The minimum atomic E-state index is 0.851. The van der Waals surface area contributed by atoms with Gasteiger partial charge in [-0.3, -0.25) is 0 Å². The van der Waals surface area contributed by atoms with Crippen LogP contribution >= 0.6 is 0 Å². The van der Waals surface area contributed by atoms with E-state index in [2.05, 4.69) is 41.5 Å². The van der Waals surface area contributed by atoms with Gasteiger partial charge in [0.25, 0.3) is 0 Å². The van der Waals surface area contributed by atoms with Crippen molar-refractivity contribution in [2.45, 2.75) is 32.7 Å². The van der Waals surface area contributed by atoms with E-state index < -0.39 is 0 Å². The second-order valence-corrected chi connectivity index (χ2v) is 4.89. The number of hydrogen-bond acceptors (Lipinski definition) is 3. The molecule has 0 aliphatic carbocycles. The molecule has 1 aliphatic heterocycles. The van der Waals surface area contributed by atoms with Gasteiger partial charge in [0.1, 0.15) is 5.76 Å². The smallest absolute Gasteiger partial charge is 0.195 e. The highest BCUT2D eigenvalue weighted by Gasteiger charge is 2.16. The largest absolute Gasteiger partial charge is 0.445 e. The van der Waals surface area contributed by atoms with Gasteiger partial charge in [0.15, 0.2) is 5.89 Å². The number of benzene rings is 1.